The molecule has 1 aromatic carbocycles. The van der Waals surface area contributed by atoms with Crippen LogP contribution in [0.25, 0.3) is 11.1 Å². The number of hydrogen-bond acceptors (Lipinski definition) is 4. The van der Waals surface area contributed by atoms with Crippen molar-refractivity contribution in [3.05, 3.63) is 46.6 Å². The van der Waals surface area contributed by atoms with E-state index in [1.165, 1.54) is 6.33 Å². The molecule has 0 saturated heterocycles. The highest BCUT2D eigenvalue weighted by Gasteiger charge is 2.49. The van der Waals surface area contributed by atoms with Crippen LogP contribution in [0.2, 0.25) is 0 Å². The number of aromatic nitrogens is 2. The van der Waals surface area contributed by atoms with Crippen LogP contribution < -0.4 is 5.56 Å². The van der Waals surface area contributed by atoms with Crippen LogP contribution in [-0.4, -0.2) is 31.8 Å². The summed E-state index contributed by atoms with van der Waals surface area (Å²) in [5.41, 5.74) is -3.98. The summed E-state index contributed by atoms with van der Waals surface area (Å²) in [7, 11) is 0. The number of hydrogen-bond donors (Lipinski definition) is 2. The molecule has 146 valence electrons. The smallest absolute Gasteiger partial charge is 0.416 e. The lowest BCUT2D eigenvalue weighted by atomic mass is 9.71. The Morgan fingerprint density at radius 2 is 1.93 bits per heavy atom. The van der Waals surface area contributed by atoms with Crippen molar-refractivity contribution in [2.75, 3.05) is 0 Å². The van der Waals surface area contributed by atoms with Gasteiger partial charge in [0.25, 0.3) is 12.0 Å². The van der Waals surface area contributed by atoms with Crippen LogP contribution in [0.3, 0.4) is 0 Å². The van der Waals surface area contributed by atoms with E-state index >= 15 is 0 Å². The molecule has 0 spiro atoms. The summed E-state index contributed by atoms with van der Waals surface area (Å²) in [6.07, 6.45) is -5.58. The molecule has 1 aliphatic rings. The van der Waals surface area contributed by atoms with Crippen molar-refractivity contribution in [1.29, 1.82) is 0 Å². The summed E-state index contributed by atoms with van der Waals surface area (Å²) in [6, 6.07) is 2.22. The fourth-order valence-electron chi connectivity index (χ4n) is 3.23. The first-order valence-electron chi connectivity index (χ1n) is 7.97. The van der Waals surface area contributed by atoms with Crippen molar-refractivity contribution in [2.24, 2.45) is 5.92 Å². The maximum absolute atomic E-state index is 12.7. The van der Waals surface area contributed by atoms with Crippen LogP contribution in [0.15, 0.2) is 35.5 Å². The second-order valence-electron chi connectivity index (χ2n) is 6.67. The molecule has 0 atom stereocenters. The van der Waals surface area contributed by atoms with E-state index in [-0.39, 0.29) is 36.4 Å². The van der Waals surface area contributed by atoms with Crippen molar-refractivity contribution in [3.63, 3.8) is 0 Å². The Bertz CT molecular complexity index is 904. The molecule has 1 heterocycles. The number of alkyl halides is 5. The van der Waals surface area contributed by atoms with Gasteiger partial charge in [0.1, 0.15) is 11.4 Å². The third kappa shape index (κ3) is 3.66. The summed E-state index contributed by atoms with van der Waals surface area (Å²) in [6.45, 7) is 0.0239. The maximum atomic E-state index is 12.7. The average molecular weight is 390 g/mol. The molecule has 0 radical (unpaired) electrons. The van der Waals surface area contributed by atoms with Gasteiger partial charge in [-0.1, -0.05) is 0 Å². The highest BCUT2D eigenvalue weighted by molar-refractivity contribution is 5.69. The molecular weight excluding hydrogens is 375 g/mol. The molecule has 27 heavy (non-hydrogen) atoms. The molecule has 1 aromatic heterocycles. The van der Waals surface area contributed by atoms with E-state index in [1.807, 2.05) is 0 Å². The second kappa shape index (κ2) is 6.59. The monoisotopic (exact) mass is 390 g/mol. The van der Waals surface area contributed by atoms with Gasteiger partial charge in [0.05, 0.1) is 17.5 Å². The number of aliphatic hydroxyl groups is 1. The summed E-state index contributed by atoms with van der Waals surface area (Å²) >= 11 is 0. The normalized spacial score (nSPS) is 22.7. The quantitative estimate of drug-likeness (QED) is 0.787. The summed E-state index contributed by atoms with van der Waals surface area (Å²) in [5, 5.41) is 19.5. The lowest BCUT2D eigenvalue weighted by molar-refractivity contribution is -0.170. The summed E-state index contributed by atoms with van der Waals surface area (Å²) < 4.78 is 64.5. The maximum Gasteiger partial charge on any atom is 0.416 e. The Balaban J connectivity index is 1.85. The number of rotatable bonds is 4. The van der Waals surface area contributed by atoms with E-state index < -0.39 is 35.1 Å². The van der Waals surface area contributed by atoms with E-state index in [4.69, 9.17) is 0 Å². The SMILES string of the molecule is O=c1c(-c2ccc(C(F)(F)F)cc2O)cncn1CC1CC(O)(C(F)F)C1. The summed E-state index contributed by atoms with van der Waals surface area (Å²) in [5.74, 6) is -1.09. The molecule has 2 N–H and O–H groups in total. The second-order valence-corrected chi connectivity index (χ2v) is 6.67. The molecule has 2 aromatic rings. The Kier molecular flexibility index (Phi) is 4.71. The van der Waals surface area contributed by atoms with Crippen molar-refractivity contribution >= 4 is 0 Å². The van der Waals surface area contributed by atoms with Crippen molar-refractivity contribution in [3.8, 4) is 16.9 Å². The Labute approximate surface area is 149 Å². The number of nitrogens with zero attached hydrogens (tertiary/aromatic N) is 2. The Morgan fingerprint density at radius 3 is 2.48 bits per heavy atom. The van der Waals surface area contributed by atoms with Gasteiger partial charge >= 0.3 is 6.18 Å². The van der Waals surface area contributed by atoms with Crippen LogP contribution in [-0.2, 0) is 12.7 Å². The predicted molar refractivity (Wildman–Crippen MR) is 84.3 cm³/mol. The van der Waals surface area contributed by atoms with Crippen molar-refractivity contribution in [1.82, 2.24) is 9.55 Å². The zero-order valence-corrected chi connectivity index (χ0v) is 13.7. The Morgan fingerprint density at radius 1 is 1.26 bits per heavy atom. The number of aromatic hydroxyl groups is 1. The van der Waals surface area contributed by atoms with E-state index in [0.717, 1.165) is 22.9 Å². The largest absolute Gasteiger partial charge is 0.507 e. The van der Waals surface area contributed by atoms with Crippen molar-refractivity contribution in [2.45, 2.75) is 37.6 Å². The standard InChI is InChI=1S/C17H15F5N2O3/c18-15(19)16(27)4-9(5-16)7-24-8-23-6-12(14(24)26)11-2-1-10(3-13(11)25)17(20,21)22/h1-3,6,8-9,15,25,27H,4-5,7H2. The first kappa shape index (κ1) is 19.3. The lowest BCUT2D eigenvalue weighted by Gasteiger charge is -2.42. The molecule has 0 unspecified atom stereocenters. The topological polar surface area (TPSA) is 75.3 Å². The average Bonchev–Trinajstić information content (AvgIpc) is 2.54. The van der Waals surface area contributed by atoms with E-state index in [1.54, 1.807) is 0 Å². The van der Waals surface area contributed by atoms with Crippen molar-refractivity contribution < 1.29 is 32.2 Å². The van der Waals surface area contributed by atoms with Crippen LogP contribution in [0.1, 0.15) is 18.4 Å². The minimum Gasteiger partial charge on any atom is -0.507 e. The minimum absolute atomic E-state index is 0.0239. The zero-order valence-electron chi connectivity index (χ0n) is 13.7. The van der Waals surface area contributed by atoms with E-state index in [0.29, 0.717) is 6.07 Å². The number of benzene rings is 1. The molecule has 0 bridgehead atoms. The fraction of sp³-hybridized carbons (Fsp3) is 0.412. The first-order valence-corrected chi connectivity index (χ1v) is 7.97. The minimum atomic E-state index is -4.64. The van der Waals surface area contributed by atoms with Crippen LogP contribution in [0.5, 0.6) is 5.75 Å². The molecule has 0 amide bonds. The number of phenols is 1. The lowest BCUT2D eigenvalue weighted by Crippen LogP contribution is -2.51. The van der Waals surface area contributed by atoms with Crippen LogP contribution >= 0.6 is 0 Å². The van der Waals surface area contributed by atoms with Gasteiger partial charge in [-0.3, -0.25) is 9.36 Å². The first-order chi connectivity index (χ1) is 12.5. The molecule has 1 aliphatic carbocycles. The van der Waals surface area contributed by atoms with Gasteiger partial charge in [-0.05, 0) is 37.0 Å². The molecular formula is C17H15F5N2O3. The van der Waals surface area contributed by atoms with E-state index in [2.05, 4.69) is 4.98 Å². The predicted octanol–water partition coefficient (Wildman–Crippen LogP) is 3.04. The molecule has 10 heteroatoms. The number of phenolic OH excluding ortho intramolecular Hbond substituents is 1. The molecule has 0 aliphatic heterocycles. The molecule has 1 saturated carbocycles. The Hall–Kier alpha value is -2.49. The van der Waals surface area contributed by atoms with Gasteiger partial charge < -0.3 is 10.2 Å². The highest BCUT2D eigenvalue weighted by atomic mass is 19.4. The van der Waals surface area contributed by atoms with Gasteiger partial charge in [-0.25, -0.2) is 13.8 Å². The zero-order chi connectivity index (χ0) is 20.0. The molecule has 5 nitrogen and oxygen atoms in total. The highest BCUT2D eigenvalue weighted by Crippen LogP contribution is 2.42. The van der Waals surface area contributed by atoms with Gasteiger partial charge in [-0.15, -0.1) is 0 Å². The van der Waals surface area contributed by atoms with Gasteiger partial charge in [0.2, 0.25) is 0 Å². The summed E-state index contributed by atoms with van der Waals surface area (Å²) in [4.78, 5) is 16.4. The van der Waals surface area contributed by atoms with E-state index in [9.17, 15) is 37.0 Å². The van der Waals surface area contributed by atoms with Gasteiger partial charge in [0, 0.05) is 18.3 Å². The molecule has 3 rings (SSSR count). The van der Waals surface area contributed by atoms with Crippen LogP contribution in [0.4, 0.5) is 22.0 Å². The third-order valence-corrected chi connectivity index (χ3v) is 4.66. The number of halogens is 5. The third-order valence-electron chi connectivity index (χ3n) is 4.66. The molecule has 1 fully saturated rings. The van der Waals surface area contributed by atoms with Crippen LogP contribution in [0, 0.1) is 5.92 Å². The fourth-order valence-corrected chi connectivity index (χ4v) is 3.23. The van der Waals surface area contributed by atoms with Gasteiger partial charge in [0.15, 0.2) is 0 Å². The van der Waals surface area contributed by atoms with Gasteiger partial charge in [-0.2, -0.15) is 13.2 Å².